The Hall–Kier alpha value is -2.60. The number of pyridine rings is 1. The van der Waals surface area contributed by atoms with Crippen LogP contribution >= 0.6 is 11.6 Å². The van der Waals surface area contributed by atoms with E-state index in [1.54, 1.807) is 12.1 Å². The zero-order chi connectivity index (χ0) is 18.6. The fourth-order valence-corrected chi connectivity index (χ4v) is 2.31. The van der Waals surface area contributed by atoms with Gasteiger partial charge in [0.1, 0.15) is 5.75 Å². The Morgan fingerprint density at radius 1 is 1.12 bits per heavy atom. The van der Waals surface area contributed by atoms with Crippen LogP contribution in [-0.2, 0) is 0 Å². The molecule has 0 spiro atoms. The summed E-state index contributed by atoms with van der Waals surface area (Å²) in [6.07, 6.45) is 2.82. The zero-order valence-corrected chi connectivity index (χ0v) is 15.3. The summed E-state index contributed by atoms with van der Waals surface area (Å²) in [6.45, 7) is 5.55. The summed E-state index contributed by atoms with van der Waals surface area (Å²) < 4.78 is 5.24. The third-order valence-corrected chi connectivity index (χ3v) is 3.82. The first-order chi connectivity index (χ1) is 11.8. The number of rotatable bonds is 5. The molecule has 2 rings (SSSR count). The standard InChI is InChI=1S/C18H20ClN3O3/c1-10(2)21-17(23)12-6-13(9-20-8-12)18(24)22-15-5-11(3)14(19)7-16(15)25-4/h5-10H,1-4H3,(H,21,23)(H,22,24). The van der Waals surface area contributed by atoms with Gasteiger partial charge in [0.15, 0.2) is 0 Å². The van der Waals surface area contributed by atoms with Crippen molar-refractivity contribution in [3.05, 3.63) is 52.3 Å². The SMILES string of the molecule is COc1cc(Cl)c(C)cc1NC(=O)c1cncc(C(=O)NC(C)C)c1. The highest BCUT2D eigenvalue weighted by molar-refractivity contribution is 6.31. The van der Waals surface area contributed by atoms with Gasteiger partial charge in [0, 0.05) is 29.5 Å². The van der Waals surface area contributed by atoms with Gasteiger partial charge >= 0.3 is 0 Å². The average molecular weight is 362 g/mol. The quantitative estimate of drug-likeness (QED) is 0.854. The number of carbonyl (C=O) groups excluding carboxylic acids is 2. The minimum atomic E-state index is -0.397. The topological polar surface area (TPSA) is 80.3 Å². The Kier molecular flexibility index (Phi) is 5.98. The van der Waals surface area contributed by atoms with Gasteiger partial charge in [0.2, 0.25) is 0 Å². The lowest BCUT2D eigenvalue weighted by molar-refractivity contribution is 0.0942. The van der Waals surface area contributed by atoms with Gasteiger partial charge in [0.05, 0.1) is 23.9 Å². The van der Waals surface area contributed by atoms with Crippen molar-refractivity contribution >= 4 is 29.1 Å². The molecule has 0 bridgehead atoms. The predicted molar refractivity (Wildman–Crippen MR) is 97.5 cm³/mol. The molecule has 0 aliphatic rings. The van der Waals surface area contributed by atoms with Crippen LogP contribution in [0.3, 0.4) is 0 Å². The number of methoxy groups -OCH3 is 1. The Morgan fingerprint density at radius 3 is 2.36 bits per heavy atom. The van der Waals surface area contributed by atoms with E-state index in [0.29, 0.717) is 22.0 Å². The highest BCUT2D eigenvalue weighted by Crippen LogP contribution is 2.31. The van der Waals surface area contributed by atoms with Crippen LogP contribution < -0.4 is 15.4 Å². The minimum Gasteiger partial charge on any atom is -0.495 e. The van der Waals surface area contributed by atoms with E-state index in [2.05, 4.69) is 15.6 Å². The summed E-state index contributed by atoms with van der Waals surface area (Å²) >= 11 is 6.07. The summed E-state index contributed by atoms with van der Waals surface area (Å²) in [6, 6.07) is 4.85. The largest absolute Gasteiger partial charge is 0.495 e. The monoisotopic (exact) mass is 361 g/mol. The Labute approximate surface area is 151 Å². The number of benzene rings is 1. The average Bonchev–Trinajstić information content (AvgIpc) is 2.57. The molecule has 0 aliphatic heterocycles. The van der Waals surface area contributed by atoms with Gasteiger partial charge in [-0.15, -0.1) is 0 Å². The van der Waals surface area contributed by atoms with Crippen molar-refractivity contribution in [2.45, 2.75) is 26.8 Å². The number of hydrogen-bond donors (Lipinski definition) is 2. The Balaban J connectivity index is 2.25. The van der Waals surface area contributed by atoms with E-state index < -0.39 is 5.91 Å². The first kappa shape index (κ1) is 18.7. The van der Waals surface area contributed by atoms with E-state index in [-0.39, 0.29) is 17.5 Å². The van der Waals surface area contributed by atoms with Crippen molar-refractivity contribution in [3.63, 3.8) is 0 Å². The number of ether oxygens (including phenoxy) is 1. The van der Waals surface area contributed by atoms with Crippen molar-refractivity contribution in [2.75, 3.05) is 12.4 Å². The molecule has 0 atom stereocenters. The highest BCUT2D eigenvalue weighted by atomic mass is 35.5. The van der Waals surface area contributed by atoms with Crippen LogP contribution in [0.2, 0.25) is 5.02 Å². The molecule has 2 amide bonds. The van der Waals surface area contributed by atoms with Crippen molar-refractivity contribution < 1.29 is 14.3 Å². The van der Waals surface area contributed by atoms with E-state index >= 15 is 0 Å². The van der Waals surface area contributed by atoms with Gasteiger partial charge in [-0.3, -0.25) is 14.6 Å². The maximum absolute atomic E-state index is 12.5. The van der Waals surface area contributed by atoms with Crippen molar-refractivity contribution in [1.82, 2.24) is 10.3 Å². The van der Waals surface area contributed by atoms with E-state index in [0.717, 1.165) is 5.56 Å². The molecule has 132 valence electrons. The number of nitrogens with one attached hydrogen (secondary N) is 2. The predicted octanol–water partition coefficient (Wildman–Crippen LogP) is 3.44. The van der Waals surface area contributed by atoms with Gasteiger partial charge in [-0.05, 0) is 38.5 Å². The summed E-state index contributed by atoms with van der Waals surface area (Å²) in [5, 5.41) is 6.07. The van der Waals surface area contributed by atoms with Crippen molar-refractivity contribution in [1.29, 1.82) is 0 Å². The number of hydrogen-bond acceptors (Lipinski definition) is 4. The van der Waals surface area contributed by atoms with Crippen LogP contribution in [0.15, 0.2) is 30.6 Å². The van der Waals surface area contributed by atoms with E-state index in [1.807, 2.05) is 20.8 Å². The third kappa shape index (κ3) is 4.70. The normalized spacial score (nSPS) is 10.5. The number of anilines is 1. The number of amides is 2. The van der Waals surface area contributed by atoms with Gasteiger partial charge in [-0.25, -0.2) is 0 Å². The molecule has 0 fully saturated rings. The maximum atomic E-state index is 12.5. The summed E-state index contributed by atoms with van der Waals surface area (Å²) in [5.41, 5.74) is 1.89. The summed E-state index contributed by atoms with van der Waals surface area (Å²) in [4.78, 5) is 28.5. The van der Waals surface area contributed by atoms with Crippen molar-refractivity contribution in [3.8, 4) is 5.75 Å². The summed E-state index contributed by atoms with van der Waals surface area (Å²) in [7, 11) is 1.50. The lowest BCUT2D eigenvalue weighted by Gasteiger charge is -2.13. The van der Waals surface area contributed by atoms with E-state index in [9.17, 15) is 9.59 Å². The minimum absolute atomic E-state index is 0.00807. The zero-order valence-electron chi connectivity index (χ0n) is 14.5. The molecule has 0 aliphatic carbocycles. The molecular formula is C18H20ClN3O3. The molecule has 1 aromatic carbocycles. The van der Waals surface area contributed by atoms with E-state index in [4.69, 9.17) is 16.3 Å². The lowest BCUT2D eigenvalue weighted by atomic mass is 10.1. The molecule has 0 saturated carbocycles. The molecule has 0 saturated heterocycles. The second-order valence-corrected chi connectivity index (χ2v) is 6.25. The number of aromatic nitrogens is 1. The van der Waals surface area contributed by atoms with Gasteiger partial charge in [-0.2, -0.15) is 0 Å². The third-order valence-electron chi connectivity index (χ3n) is 3.41. The van der Waals surface area contributed by atoms with Gasteiger partial charge in [-0.1, -0.05) is 11.6 Å². The molecule has 2 N–H and O–H groups in total. The molecular weight excluding hydrogens is 342 g/mol. The molecule has 25 heavy (non-hydrogen) atoms. The smallest absolute Gasteiger partial charge is 0.257 e. The molecule has 1 heterocycles. The maximum Gasteiger partial charge on any atom is 0.257 e. The van der Waals surface area contributed by atoms with Crippen LogP contribution in [0.25, 0.3) is 0 Å². The number of aryl methyl sites for hydroxylation is 1. The van der Waals surface area contributed by atoms with Crippen LogP contribution in [0.5, 0.6) is 5.75 Å². The van der Waals surface area contributed by atoms with Crippen molar-refractivity contribution in [2.24, 2.45) is 0 Å². The first-order valence-electron chi connectivity index (χ1n) is 7.73. The van der Waals surface area contributed by atoms with Crippen LogP contribution in [0.1, 0.15) is 40.1 Å². The molecule has 6 nitrogen and oxygen atoms in total. The second-order valence-electron chi connectivity index (χ2n) is 5.85. The molecule has 1 aromatic heterocycles. The van der Waals surface area contributed by atoms with Crippen LogP contribution in [0, 0.1) is 6.92 Å². The van der Waals surface area contributed by atoms with Crippen LogP contribution in [-0.4, -0.2) is 29.9 Å². The number of halogens is 1. The van der Waals surface area contributed by atoms with E-state index in [1.165, 1.54) is 25.6 Å². The van der Waals surface area contributed by atoms with Gasteiger partial charge < -0.3 is 15.4 Å². The number of carbonyl (C=O) groups is 2. The molecule has 0 radical (unpaired) electrons. The fourth-order valence-electron chi connectivity index (χ4n) is 2.16. The second kappa shape index (κ2) is 7.98. The number of nitrogens with zero attached hydrogens (tertiary/aromatic N) is 1. The first-order valence-corrected chi connectivity index (χ1v) is 8.11. The molecule has 2 aromatic rings. The Bertz CT molecular complexity index is 806. The Morgan fingerprint density at radius 2 is 1.76 bits per heavy atom. The molecule has 0 unspecified atom stereocenters. The lowest BCUT2D eigenvalue weighted by Crippen LogP contribution is -2.30. The fraction of sp³-hybridized carbons (Fsp3) is 0.278. The summed E-state index contributed by atoms with van der Waals surface area (Å²) in [5.74, 6) is -0.227. The van der Waals surface area contributed by atoms with Gasteiger partial charge in [0.25, 0.3) is 11.8 Å². The molecule has 7 heteroatoms. The van der Waals surface area contributed by atoms with Crippen LogP contribution in [0.4, 0.5) is 5.69 Å². The highest BCUT2D eigenvalue weighted by Gasteiger charge is 2.15.